The quantitative estimate of drug-likeness (QED) is 0.841. The summed E-state index contributed by atoms with van der Waals surface area (Å²) < 4.78 is 41.1. The maximum atomic E-state index is 12.1. The van der Waals surface area contributed by atoms with Crippen LogP contribution in [0.5, 0.6) is 5.75 Å². The number of nitrogens with zero attached hydrogens (tertiary/aromatic N) is 1. The van der Waals surface area contributed by atoms with Crippen molar-refractivity contribution >= 4 is 0 Å². The van der Waals surface area contributed by atoms with E-state index in [9.17, 15) is 18.3 Å². The zero-order chi connectivity index (χ0) is 15.5. The van der Waals surface area contributed by atoms with Gasteiger partial charge in [-0.2, -0.15) is 13.2 Å². The molecule has 1 aliphatic rings. The van der Waals surface area contributed by atoms with E-state index in [4.69, 9.17) is 4.74 Å². The van der Waals surface area contributed by atoms with Gasteiger partial charge in [0.2, 0.25) is 0 Å². The van der Waals surface area contributed by atoms with Crippen molar-refractivity contribution < 1.29 is 23.0 Å². The van der Waals surface area contributed by atoms with E-state index < -0.39 is 12.8 Å². The molecule has 1 N–H and O–H groups in total. The fourth-order valence-electron chi connectivity index (χ4n) is 2.22. The van der Waals surface area contributed by atoms with Crippen LogP contribution in [0, 0.1) is 5.92 Å². The van der Waals surface area contributed by atoms with Crippen molar-refractivity contribution in [1.82, 2.24) is 4.90 Å². The van der Waals surface area contributed by atoms with Crippen molar-refractivity contribution in [2.75, 3.05) is 20.2 Å². The van der Waals surface area contributed by atoms with Gasteiger partial charge >= 0.3 is 6.18 Å². The molecule has 0 amide bonds. The number of likely N-dealkylation sites (N-methyl/N-ethyl adjacent to an activating group) is 1. The molecule has 1 aliphatic carbocycles. The Balaban J connectivity index is 1.84. The van der Waals surface area contributed by atoms with Crippen LogP contribution in [-0.2, 0) is 6.54 Å². The molecule has 0 heterocycles. The largest absolute Gasteiger partial charge is 0.484 e. The number of halogens is 3. The number of rotatable bonds is 7. The molecular weight excluding hydrogens is 283 g/mol. The highest BCUT2D eigenvalue weighted by atomic mass is 19.4. The van der Waals surface area contributed by atoms with Gasteiger partial charge in [0.15, 0.2) is 6.61 Å². The van der Waals surface area contributed by atoms with Gasteiger partial charge in [-0.25, -0.2) is 0 Å². The van der Waals surface area contributed by atoms with Crippen LogP contribution >= 0.6 is 0 Å². The van der Waals surface area contributed by atoms with Crippen molar-refractivity contribution in [3.05, 3.63) is 29.8 Å². The summed E-state index contributed by atoms with van der Waals surface area (Å²) in [6, 6.07) is 6.62. The normalized spacial score (nSPS) is 17.0. The molecule has 0 saturated heterocycles. The molecule has 3 nitrogen and oxygen atoms in total. The van der Waals surface area contributed by atoms with Crippen LogP contribution in [0.3, 0.4) is 0 Å². The molecule has 0 aromatic heterocycles. The summed E-state index contributed by atoms with van der Waals surface area (Å²) in [6.07, 6.45) is -2.49. The highest BCUT2D eigenvalue weighted by Gasteiger charge is 2.30. The Morgan fingerprint density at radius 2 is 2.10 bits per heavy atom. The van der Waals surface area contributed by atoms with Crippen molar-refractivity contribution in [2.45, 2.75) is 31.7 Å². The predicted octanol–water partition coefficient (Wildman–Crippen LogP) is 2.83. The van der Waals surface area contributed by atoms with Crippen molar-refractivity contribution in [3.8, 4) is 5.75 Å². The lowest BCUT2D eigenvalue weighted by atomic mass is 10.2. The molecule has 1 atom stereocenters. The molecular formula is C15H20F3NO2. The fourth-order valence-corrected chi connectivity index (χ4v) is 2.22. The maximum Gasteiger partial charge on any atom is 0.422 e. The average Bonchev–Trinajstić information content (AvgIpc) is 3.20. The molecule has 1 aromatic carbocycles. The number of hydrogen-bond donors (Lipinski definition) is 1. The number of alkyl halides is 3. The molecule has 118 valence electrons. The predicted molar refractivity (Wildman–Crippen MR) is 73.1 cm³/mol. The van der Waals surface area contributed by atoms with Gasteiger partial charge in [0.1, 0.15) is 5.75 Å². The van der Waals surface area contributed by atoms with Crippen LogP contribution in [-0.4, -0.2) is 42.5 Å². The van der Waals surface area contributed by atoms with Gasteiger partial charge in [0.25, 0.3) is 0 Å². The number of aliphatic hydroxyl groups excluding tert-OH is 1. The van der Waals surface area contributed by atoms with Crippen LogP contribution in [0.4, 0.5) is 13.2 Å². The molecule has 1 fully saturated rings. The fraction of sp³-hybridized carbons (Fsp3) is 0.600. The van der Waals surface area contributed by atoms with Crippen LogP contribution in [0.1, 0.15) is 18.4 Å². The highest BCUT2D eigenvalue weighted by molar-refractivity contribution is 5.28. The minimum atomic E-state index is -4.33. The average molecular weight is 303 g/mol. The molecule has 0 aliphatic heterocycles. The first-order valence-electron chi connectivity index (χ1n) is 6.98. The summed E-state index contributed by atoms with van der Waals surface area (Å²) in [5.41, 5.74) is 0.861. The summed E-state index contributed by atoms with van der Waals surface area (Å²) in [5.74, 6) is 0.620. The lowest BCUT2D eigenvalue weighted by Gasteiger charge is -2.20. The molecule has 1 saturated carbocycles. The number of benzene rings is 1. The first-order valence-corrected chi connectivity index (χ1v) is 6.98. The van der Waals surface area contributed by atoms with E-state index in [1.165, 1.54) is 6.07 Å². The Morgan fingerprint density at radius 3 is 2.71 bits per heavy atom. The third kappa shape index (κ3) is 5.93. The van der Waals surface area contributed by atoms with Crippen LogP contribution in [0.25, 0.3) is 0 Å². The second-order valence-corrected chi connectivity index (χ2v) is 5.65. The van der Waals surface area contributed by atoms with Gasteiger partial charge < -0.3 is 9.84 Å². The van der Waals surface area contributed by atoms with Crippen LogP contribution in [0.15, 0.2) is 24.3 Å². The van der Waals surface area contributed by atoms with Gasteiger partial charge in [-0.15, -0.1) is 0 Å². The van der Waals surface area contributed by atoms with Gasteiger partial charge in [-0.05, 0) is 43.5 Å². The Hall–Kier alpha value is -1.27. The zero-order valence-electron chi connectivity index (χ0n) is 11.9. The molecule has 1 unspecified atom stereocenters. The summed E-state index contributed by atoms with van der Waals surface area (Å²) in [5, 5.41) is 9.87. The third-order valence-electron chi connectivity index (χ3n) is 3.42. The van der Waals surface area contributed by atoms with E-state index in [2.05, 4.69) is 0 Å². The number of ether oxygens (including phenoxy) is 1. The van der Waals surface area contributed by atoms with Crippen LogP contribution in [0.2, 0.25) is 0 Å². The van der Waals surface area contributed by atoms with Gasteiger partial charge in [-0.3, -0.25) is 4.90 Å². The summed E-state index contributed by atoms with van der Waals surface area (Å²) >= 11 is 0. The molecule has 1 aromatic rings. The molecule has 0 radical (unpaired) electrons. The van der Waals surface area contributed by atoms with Crippen molar-refractivity contribution in [1.29, 1.82) is 0 Å². The smallest absolute Gasteiger partial charge is 0.422 e. The second kappa shape index (κ2) is 6.66. The highest BCUT2D eigenvalue weighted by Crippen LogP contribution is 2.32. The summed E-state index contributed by atoms with van der Waals surface area (Å²) in [7, 11) is 1.88. The molecule has 0 bridgehead atoms. The minimum absolute atomic E-state index is 0.209. The topological polar surface area (TPSA) is 32.7 Å². The summed E-state index contributed by atoms with van der Waals surface area (Å²) in [6.45, 7) is -0.155. The van der Waals surface area contributed by atoms with E-state index in [0.717, 1.165) is 18.4 Å². The van der Waals surface area contributed by atoms with Gasteiger partial charge in [0, 0.05) is 13.1 Å². The number of hydrogen-bond acceptors (Lipinski definition) is 3. The van der Waals surface area contributed by atoms with E-state index in [1.54, 1.807) is 12.1 Å². The van der Waals surface area contributed by atoms with Gasteiger partial charge in [0.05, 0.1) is 6.10 Å². The molecule has 21 heavy (non-hydrogen) atoms. The Bertz CT molecular complexity index is 460. The Kier molecular flexibility index (Phi) is 5.11. The molecule has 6 heteroatoms. The Morgan fingerprint density at radius 1 is 1.38 bits per heavy atom. The third-order valence-corrected chi connectivity index (χ3v) is 3.42. The Labute approximate surface area is 122 Å². The lowest BCUT2D eigenvalue weighted by molar-refractivity contribution is -0.153. The zero-order valence-corrected chi connectivity index (χ0v) is 11.9. The van der Waals surface area contributed by atoms with E-state index >= 15 is 0 Å². The molecule has 0 spiro atoms. The van der Waals surface area contributed by atoms with Gasteiger partial charge in [-0.1, -0.05) is 12.1 Å². The van der Waals surface area contributed by atoms with Crippen molar-refractivity contribution in [2.24, 2.45) is 5.92 Å². The standard InChI is InChI=1S/C15H20F3NO2/c1-19(9-14(20)12-5-6-12)8-11-3-2-4-13(7-11)21-10-15(16,17)18/h2-4,7,12,14,20H,5-6,8-10H2,1H3. The van der Waals surface area contributed by atoms with Crippen LogP contribution < -0.4 is 4.74 Å². The summed E-state index contributed by atoms with van der Waals surface area (Å²) in [4.78, 5) is 1.96. The first-order chi connectivity index (χ1) is 9.83. The van der Waals surface area contributed by atoms with Crippen molar-refractivity contribution in [3.63, 3.8) is 0 Å². The maximum absolute atomic E-state index is 12.1. The first kappa shape index (κ1) is 16.1. The molecule has 2 rings (SSSR count). The SMILES string of the molecule is CN(Cc1cccc(OCC(F)(F)F)c1)CC(O)C1CC1. The second-order valence-electron chi connectivity index (χ2n) is 5.65. The lowest BCUT2D eigenvalue weighted by Crippen LogP contribution is -2.30. The van der Waals surface area contributed by atoms with E-state index in [0.29, 0.717) is 19.0 Å². The minimum Gasteiger partial charge on any atom is -0.484 e. The van der Waals surface area contributed by atoms with E-state index in [1.807, 2.05) is 18.0 Å². The van der Waals surface area contributed by atoms with E-state index in [-0.39, 0.29) is 11.9 Å². The number of aliphatic hydroxyl groups is 1. The monoisotopic (exact) mass is 303 g/mol.